The number of pyridine rings is 1. The molecule has 2 aromatic carbocycles. The van der Waals surface area contributed by atoms with Crippen molar-refractivity contribution in [2.45, 2.75) is 18.9 Å². The summed E-state index contributed by atoms with van der Waals surface area (Å²) in [6.45, 7) is 1.91. The molecule has 156 valence electrons. The van der Waals surface area contributed by atoms with Crippen LogP contribution in [0.5, 0.6) is 0 Å². The molecule has 1 aliphatic heterocycles. The third-order valence-corrected chi connectivity index (χ3v) is 6.16. The van der Waals surface area contributed by atoms with Gasteiger partial charge in [-0.2, -0.15) is 0 Å². The molecule has 2 N–H and O–H groups in total. The van der Waals surface area contributed by atoms with E-state index >= 15 is 0 Å². The predicted octanol–water partition coefficient (Wildman–Crippen LogP) is 4.19. The number of amides is 1. The molecular formula is C25H19N5O2. The van der Waals surface area contributed by atoms with Gasteiger partial charge in [-0.05, 0) is 48.9 Å². The van der Waals surface area contributed by atoms with E-state index in [-0.39, 0.29) is 0 Å². The number of carbonyl (C=O) groups is 2. The summed E-state index contributed by atoms with van der Waals surface area (Å²) in [5.41, 5.74) is 5.48. The van der Waals surface area contributed by atoms with Crippen molar-refractivity contribution in [2.24, 2.45) is 0 Å². The molecule has 0 bridgehead atoms. The fourth-order valence-electron chi connectivity index (χ4n) is 4.72. The average molecular weight is 421 g/mol. The maximum Gasteiger partial charge on any atom is 0.295 e. The third-order valence-electron chi connectivity index (χ3n) is 6.16. The maximum absolute atomic E-state index is 13.5. The molecule has 1 amide bonds. The first-order chi connectivity index (χ1) is 15.6. The smallest absolute Gasteiger partial charge is 0.295 e. The van der Waals surface area contributed by atoms with Crippen LogP contribution in [-0.2, 0) is 9.59 Å². The minimum Gasteiger partial charge on any atom is -0.361 e. The Balaban J connectivity index is 1.58. The van der Waals surface area contributed by atoms with Gasteiger partial charge in [0.1, 0.15) is 0 Å². The van der Waals surface area contributed by atoms with Gasteiger partial charge in [-0.15, -0.1) is 0 Å². The van der Waals surface area contributed by atoms with Crippen LogP contribution < -0.4 is 4.90 Å². The van der Waals surface area contributed by atoms with Crippen LogP contribution in [0.25, 0.3) is 21.9 Å². The highest BCUT2D eigenvalue weighted by Crippen LogP contribution is 2.46. The van der Waals surface area contributed by atoms with Crippen molar-refractivity contribution >= 4 is 39.3 Å². The summed E-state index contributed by atoms with van der Waals surface area (Å²) in [4.78, 5) is 43.7. The Morgan fingerprint density at radius 3 is 2.69 bits per heavy atom. The number of rotatable bonds is 3. The second kappa shape index (κ2) is 6.88. The molecule has 0 spiro atoms. The fraction of sp³-hybridized carbons (Fsp3) is 0.120. The molecular weight excluding hydrogens is 402 g/mol. The summed E-state index contributed by atoms with van der Waals surface area (Å²) < 4.78 is 0. The zero-order valence-corrected chi connectivity index (χ0v) is 17.2. The largest absolute Gasteiger partial charge is 0.361 e. The van der Waals surface area contributed by atoms with Gasteiger partial charge < -0.3 is 9.97 Å². The standard InChI is InChI=1S/C25H19N5O2/c1-14-5-4-8-20(29-14)23-22(17-12-26-18-7-3-2-6-16(17)18)24(31)25(32)30(23)15-9-10-19-21(11-15)28-13-27-19/h2-13,22-23,26H,1H3,(H,27,28). The molecule has 7 heteroatoms. The molecule has 6 rings (SSSR count). The number of anilines is 1. The van der Waals surface area contributed by atoms with E-state index in [1.54, 1.807) is 11.2 Å². The van der Waals surface area contributed by atoms with Crippen LogP contribution in [0.15, 0.2) is 73.2 Å². The molecule has 2 atom stereocenters. The molecule has 2 unspecified atom stereocenters. The second-order valence-electron chi connectivity index (χ2n) is 8.06. The molecule has 3 aromatic heterocycles. The van der Waals surface area contributed by atoms with Crippen LogP contribution in [0.2, 0.25) is 0 Å². The Hall–Kier alpha value is -4.26. The highest BCUT2D eigenvalue weighted by atomic mass is 16.2. The first-order valence-electron chi connectivity index (χ1n) is 10.4. The van der Waals surface area contributed by atoms with Crippen molar-refractivity contribution in [1.29, 1.82) is 0 Å². The van der Waals surface area contributed by atoms with E-state index in [0.29, 0.717) is 11.4 Å². The number of Topliss-reactive ketones (excluding diaryl/α,β-unsaturated/α-hetero) is 1. The number of imidazole rings is 1. The van der Waals surface area contributed by atoms with Crippen molar-refractivity contribution in [3.05, 3.63) is 90.1 Å². The van der Waals surface area contributed by atoms with Crippen LogP contribution in [0.3, 0.4) is 0 Å². The van der Waals surface area contributed by atoms with Crippen LogP contribution in [0.1, 0.15) is 28.9 Å². The number of nitrogens with zero attached hydrogens (tertiary/aromatic N) is 3. The Kier molecular flexibility index (Phi) is 3.98. The normalized spacial score (nSPS) is 18.8. The summed E-state index contributed by atoms with van der Waals surface area (Å²) in [5, 5.41) is 0.933. The van der Waals surface area contributed by atoms with E-state index in [4.69, 9.17) is 4.98 Å². The number of carbonyl (C=O) groups excluding carboxylic acids is 2. The lowest BCUT2D eigenvalue weighted by Crippen LogP contribution is -2.30. The fourth-order valence-corrected chi connectivity index (χ4v) is 4.72. The SMILES string of the molecule is Cc1cccc(C2C(c3c[nH]c4ccccc34)C(=O)C(=O)N2c2ccc3nc[nH]c3c2)n1. The van der Waals surface area contributed by atoms with E-state index in [9.17, 15) is 9.59 Å². The molecule has 0 aliphatic carbocycles. The summed E-state index contributed by atoms with van der Waals surface area (Å²) in [6, 6.07) is 18.5. The van der Waals surface area contributed by atoms with Gasteiger partial charge in [-0.3, -0.25) is 19.5 Å². The summed E-state index contributed by atoms with van der Waals surface area (Å²) in [7, 11) is 0. The van der Waals surface area contributed by atoms with E-state index in [0.717, 1.165) is 33.2 Å². The topological polar surface area (TPSA) is 94.7 Å². The van der Waals surface area contributed by atoms with Crippen molar-refractivity contribution in [3.8, 4) is 0 Å². The molecule has 0 radical (unpaired) electrons. The van der Waals surface area contributed by atoms with E-state index in [1.807, 2.05) is 73.8 Å². The van der Waals surface area contributed by atoms with Crippen molar-refractivity contribution in [3.63, 3.8) is 0 Å². The zero-order valence-electron chi connectivity index (χ0n) is 17.2. The number of nitrogens with one attached hydrogen (secondary N) is 2. The number of para-hydroxylation sites is 1. The van der Waals surface area contributed by atoms with Gasteiger partial charge in [-0.1, -0.05) is 24.3 Å². The van der Waals surface area contributed by atoms with Crippen LogP contribution in [0.4, 0.5) is 5.69 Å². The molecule has 1 aliphatic rings. The van der Waals surface area contributed by atoms with Crippen LogP contribution in [-0.4, -0.2) is 31.6 Å². The molecule has 7 nitrogen and oxygen atoms in total. The lowest BCUT2D eigenvalue weighted by Gasteiger charge is -2.27. The van der Waals surface area contributed by atoms with Crippen molar-refractivity contribution in [2.75, 3.05) is 4.90 Å². The first-order valence-corrected chi connectivity index (χ1v) is 10.4. The molecule has 1 fully saturated rings. The predicted molar refractivity (Wildman–Crippen MR) is 121 cm³/mol. The minimum absolute atomic E-state index is 0.437. The second-order valence-corrected chi connectivity index (χ2v) is 8.06. The van der Waals surface area contributed by atoms with Gasteiger partial charge in [0.15, 0.2) is 0 Å². The van der Waals surface area contributed by atoms with E-state index < -0.39 is 23.7 Å². The molecule has 32 heavy (non-hydrogen) atoms. The van der Waals surface area contributed by atoms with Gasteiger partial charge in [0.05, 0.1) is 35.0 Å². The monoisotopic (exact) mass is 421 g/mol. The van der Waals surface area contributed by atoms with Crippen molar-refractivity contribution < 1.29 is 9.59 Å². The number of aromatic amines is 2. The highest BCUT2D eigenvalue weighted by molar-refractivity contribution is 6.46. The lowest BCUT2D eigenvalue weighted by molar-refractivity contribution is -0.134. The van der Waals surface area contributed by atoms with Crippen LogP contribution >= 0.6 is 0 Å². The number of H-pyrrole nitrogens is 2. The lowest BCUT2D eigenvalue weighted by atomic mass is 9.88. The van der Waals surface area contributed by atoms with Gasteiger partial charge in [0.25, 0.3) is 5.91 Å². The Morgan fingerprint density at radius 2 is 1.81 bits per heavy atom. The maximum atomic E-state index is 13.5. The molecule has 5 aromatic rings. The van der Waals surface area contributed by atoms with Crippen LogP contribution in [0, 0.1) is 6.92 Å². The highest BCUT2D eigenvalue weighted by Gasteiger charge is 2.50. The first kappa shape index (κ1) is 18.5. The molecule has 4 heterocycles. The van der Waals surface area contributed by atoms with E-state index in [1.165, 1.54) is 0 Å². The average Bonchev–Trinajstić information content (AvgIpc) is 3.50. The van der Waals surface area contributed by atoms with Gasteiger partial charge in [-0.25, -0.2) is 4.98 Å². The minimum atomic E-state index is -0.676. The molecule has 0 saturated carbocycles. The van der Waals surface area contributed by atoms with E-state index in [2.05, 4.69) is 15.0 Å². The quantitative estimate of drug-likeness (QED) is 0.427. The Morgan fingerprint density at radius 1 is 0.938 bits per heavy atom. The zero-order chi connectivity index (χ0) is 21.8. The number of benzene rings is 2. The number of hydrogen-bond donors (Lipinski definition) is 2. The summed E-state index contributed by atoms with van der Waals surface area (Å²) in [6.07, 6.45) is 3.45. The number of fused-ring (bicyclic) bond motifs is 2. The van der Waals surface area contributed by atoms with Crippen molar-refractivity contribution in [1.82, 2.24) is 19.9 Å². The van der Waals surface area contributed by atoms with Gasteiger partial charge in [0, 0.05) is 28.5 Å². The number of aromatic nitrogens is 4. The third kappa shape index (κ3) is 2.68. The van der Waals surface area contributed by atoms with Gasteiger partial charge >= 0.3 is 0 Å². The number of ketones is 1. The summed E-state index contributed by atoms with van der Waals surface area (Å²) >= 11 is 0. The number of hydrogen-bond acceptors (Lipinski definition) is 4. The number of aryl methyl sites for hydroxylation is 1. The Labute approximate surface area is 183 Å². The van der Waals surface area contributed by atoms with Gasteiger partial charge in [0.2, 0.25) is 5.78 Å². The molecule has 1 saturated heterocycles. The Bertz CT molecular complexity index is 1520. The summed E-state index contributed by atoms with van der Waals surface area (Å²) in [5.74, 6) is -1.65.